The van der Waals surface area contributed by atoms with Gasteiger partial charge in [0.2, 0.25) is 5.91 Å². The fourth-order valence-corrected chi connectivity index (χ4v) is 2.16. The molecule has 3 nitrogen and oxygen atoms in total. The van der Waals surface area contributed by atoms with E-state index in [-0.39, 0.29) is 11.3 Å². The first-order valence-electron chi connectivity index (χ1n) is 6.55. The van der Waals surface area contributed by atoms with E-state index >= 15 is 0 Å². The smallest absolute Gasteiger partial charge is 0.226 e. The number of rotatable bonds is 6. The van der Waals surface area contributed by atoms with E-state index in [1.165, 1.54) is 5.56 Å². The first-order chi connectivity index (χ1) is 8.85. The maximum absolute atomic E-state index is 11.7. The van der Waals surface area contributed by atoms with Gasteiger partial charge in [0.1, 0.15) is 0 Å². The molecule has 0 bridgehead atoms. The van der Waals surface area contributed by atoms with E-state index in [2.05, 4.69) is 57.8 Å². The average molecular weight is 327 g/mol. The molecule has 1 aromatic carbocycles. The van der Waals surface area contributed by atoms with Crippen LogP contribution >= 0.6 is 15.9 Å². The van der Waals surface area contributed by atoms with Gasteiger partial charge in [-0.25, -0.2) is 0 Å². The van der Waals surface area contributed by atoms with Crippen LogP contribution in [0.2, 0.25) is 0 Å². The van der Waals surface area contributed by atoms with Crippen LogP contribution in [0.5, 0.6) is 0 Å². The number of benzene rings is 1. The Morgan fingerprint density at radius 1 is 1.32 bits per heavy atom. The maximum Gasteiger partial charge on any atom is 0.226 e. The van der Waals surface area contributed by atoms with Crippen molar-refractivity contribution in [2.24, 2.45) is 5.41 Å². The Bertz CT molecular complexity index is 415. The monoisotopic (exact) mass is 326 g/mol. The SMILES string of the molecule is CNC(=O)C(C)(C)CNC(C)Cc1ccc(Br)cc1. The summed E-state index contributed by atoms with van der Waals surface area (Å²) in [6.07, 6.45) is 0.955. The van der Waals surface area contributed by atoms with Gasteiger partial charge in [0.25, 0.3) is 0 Å². The zero-order chi connectivity index (χ0) is 14.5. The van der Waals surface area contributed by atoms with Gasteiger partial charge in [-0.15, -0.1) is 0 Å². The second-order valence-corrected chi connectivity index (χ2v) is 6.49. The van der Waals surface area contributed by atoms with E-state index in [4.69, 9.17) is 0 Å². The Morgan fingerprint density at radius 3 is 2.42 bits per heavy atom. The number of halogens is 1. The van der Waals surface area contributed by atoms with Crippen molar-refractivity contribution in [1.82, 2.24) is 10.6 Å². The minimum atomic E-state index is -0.386. The van der Waals surface area contributed by atoms with E-state index in [1.807, 2.05) is 13.8 Å². The Hall–Kier alpha value is -0.870. The molecule has 0 saturated heterocycles. The minimum absolute atomic E-state index is 0.0656. The highest BCUT2D eigenvalue weighted by Gasteiger charge is 2.26. The van der Waals surface area contributed by atoms with E-state index in [0.717, 1.165) is 10.9 Å². The Kier molecular flexibility index (Phi) is 6.01. The van der Waals surface area contributed by atoms with Crippen molar-refractivity contribution >= 4 is 21.8 Å². The van der Waals surface area contributed by atoms with Crippen LogP contribution in [-0.2, 0) is 11.2 Å². The highest BCUT2D eigenvalue weighted by atomic mass is 79.9. The third kappa shape index (κ3) is 5.33. The molecule has 1 rings (SSSR count). The van der Waals surface area contributed by atoms with E-state index in [9.17, 15) is 4.79 Å². The molecule has 106 valence electrons. The molecule has 0 saturated carbocycles. The molecule has 1 amide bonds. The molecule has 2 N–H and O–H groups in total. The minimum Gasteiger partial charge on any atom is -0.359 e. The topological polar surface area (TPSA) is 41.1 Å². The molecule has 0 aliphatic carbocycles. The summed E-state index contributed by atoms with van der Waals surface area (Å²) < 4.78 is 1.10. The number of carbonyl (C=O) groups excluding carboxylic acids is 1. The molecule has 1 unspecified atom stereocenters. The van der Waals surface area contributed by atoms with Crippen LogP contribution in [0.25, 0.3) is 0 Å². The summed E-state index contributed by atoms with van der Waals surface area (Å²) in [5, 5.41) is 6.13. The molecule has 4 heteroatoms. The van der Waals surface area contributed by atoms with Crippen molar-refractivity contribution in [3.8, 4) is 0 Å². The average Bonchev–Trinajstić information content (AvgIpc) is 2.38. The number of hydrogen-bond acceptors (Lipinski definition) is 2. The van der Waals surface area contributed by atoms with Crippen LogP contribution < -0.4 is 10.6 Å². The first-order valence-corrected chi connectivity index (χ1v) is 7.34. The van der Waals surface area contributed by atoms with Gasteiger partial charge in [-0.2, -0.15) is 0 Å². The van der Waals surface area contributed by atoms with Crippen molar-refractivity contribution < 1.29 is 4.79 Å². The van der Waals surface area contributed by atoms with Crippen LogP contribution in [0.15, 0.2) is 28.7 Å². The van der Waals surface area contributed by atoms with Crippen molar-refractivity contribution in [3.63, 3.8) is 0 Å². The van der Waals surface area contributed by atoms with Gasteiger partial charge in [0.05, 0.1) is 5.41 Å². The fraction of sp³-hybridized carbons (Fsp3) is 0.533. The predicted octanol–water partition coefficient (Wildman–Crippen LogP) is 2.74. The zero-order valence-corrected chi connectivity index (χ0v) is 13.7. The van der Waals surface area contributed by atoms with Crippen molar-refractivity contribution in [1.29, 1.82) is 0 Å². The van der Waals surface area contributed by atoms with Gasteiger partial charge in [-0.05, 0) is 44.9 Å². The summed E-state index contributed by atoms with van der Waals surface area (Å²) in [7, 11) is 1.68. The predicted molar refractivity (Wildman–Crippen MR) is 83.2 cm³/mol. The molecule has 1 atom stereocenters. The molecular weight excluding hydrogens is 304 g/mol. The lowest BCUT2D eigenvalue weighted by atomic mass is 9.91. The molecule has 19 heavy (non-hydrogen) atoms. The van der Waals surface area contributed by atoms with Gasteiger partial charge >= 0.3 is 0 Å². The summed E-state index contributed by atoms with van der Waals surface area (Å²) in [6.45, 7) is 6.71. The van der Waals surface area contributed by atoms with Crippen molar-refractivity contribution in [3.05, 3.63) is 34.3 Å². The van der Waals surface area contributed by atoms with Gasteiger partial charge in [0, 0.05) is 24.1 Å². The van der Waals surface area contributed by atoms with Gasteiger partial charge in [-0.3, -0.25) is 4.79 Å². The van der Waals surface area contributed by atoms with Gasteiger partial charge in [-0.1, -0.05) is 28.1 Å². The number of nitrogens with one attached hydrogen (secondary N) is 2. The summed E-state index contributed by atoms with van der Waals surface area (Å²) in [4.78, 5) is 11.7. The van der Waals surface area contributed by atoms with Crippen LogP contribution in [0, 0.1) is 5.41 Å². The van der Waals surface area contributed by atoms with Gasteiger partial charge < -0.3 is 10.6 Å². The molecular formula is C15H23BrN2O. The van der Waals surface area contributed by atoms with E-state index in [1.54, 1.807) is 7.05 Å². The molecule has 1 aromatic rings. The number of hydrogen-bond donors (Lipinski definition) is 2. The number of amides is 1. The first kappa shape index (κ1) is 16.2. The third-order valence-corrected chi connectivity index (χ3v) is 3.72. The van der Waals surface area contributed by atoms with Gasteiger partial charge in [0.15, 0.2) is 0 Å². The lowest BCUT2D eigenvalue weighted by molar-refractivity contribution is -0.128. The molecule has 0 spiro atoms. The summed E-state index contributed by atoms with van der Waals surface area (Å²) in [5.74, 6) is 0.0656. The van der Waals surface area contributed by atoms with E-state index in [0.29, 0.717) is 12.6 Å². The lowest BCUT2D eigenvalue weighted by Crippen LogP contribution is -2.44. The normalized spacial score (nSPS) is 13.1. The second kappa shape index (κ2) is 7.06. The lowest BCUT2D eigenvalue weighted by Gasteiger charge is -2.25. The number of carbonyl (C=O) groups is 1. The van der Waals surface area contributed by atoms with Crippen molar-refractivity contribution in [2.75, 3.05) is 13.6 Å². The highest BCUT2D eigenvalue weighted by molar-refractivity contribution is 9.10. The Morgan fingerprint density at radius 2 is 1.89 bits per heavy atom. The zero-order valence-electron chi connectivity index (χ0n) is 12.1. The third-order valence-electron chi connectivity index (χ3n) is 3.19. The molecule has 0 radical (unpaired) electrons. The molecule has 0 aliphatic rings. The maximum atomic E-state index is 11.7. The standard InChI is InChI=1S/C15H23BrN2O/c1-11(9-12-5-7-13(16)8-6-12)18-10-15(2,3)14(19)17-4/h5-8,11,18H,9-10H2,1-4H3,(H,17,19). The second-order valence-electron chi connectivity index (χ2n) is 5.58. The quantitative estimate of drug-likeness (QED) is 0.844. The highest BCUT2D eigenvalue weighted by Crippen LogP contribution is 2.15. The summed E-state index contributed by atoms with van der Waals surface area (Å²) in [5.41, 5.74) is 0.906. The Labute approximate surface area is 124 Å². The van der Waals surface area contributed by atoms with Crippen molar-refractivity contribution in [2.45, 2.75) is 33.2 Å². The molecule has 0 fully saturated rings. The fourth-order valence-electron chi connectivity index (χ4n) is 1.89. The van der Waals surface area contributed by atoms with Crippen LogP contribution in [-0.4, -0.2) is 25.5 Å². The molecule has 0 aromatic heterocycles. The largest absolute Gasteiger partial charge is 0.359 e. The molecule has 0 aliphatic heterocycles. The van der Waals surface area contributed by atoms with Crippen LogP contribution in [0.4, 0.5) is 0 Å². The molecule has 0 heterocycles. The van der Waals surface area contributed by atoms with Crippen LogP contribution in [0.1, 0.15) is 26.3 Å². The Balaban J connectivity index is 2.45. The van der Waals surface area contributed by atoms with E-state index < -0.39 is 0 Å². The summed E-state index contributed by atoms with van der Waals surface area (Å²) in [6, 6.07) is 8.68. The summed E-state index contributed by atoms with van der Waals surface area (Å²) >= 11 is 3.43. The van der Waals surface area contributed by atoms with Crippen LogP contribution in [0.3, 0.4) is 0 Å².